The zero-order valence-electron chi connectivity index (χ0n) is 15.9. The number of ether oxygens (including phenoxy) is 4. The molecule has 0 aromatic heterocycles. The second kappa shape index (κ2) is 10.1. The van der Waals surface area contributed by atoms with Crippen LogP contribution in [-0.4, -0.2) is 39.2 Å². The predicted molar refractivity (Wildman–Crippen MR) is 101 cm³/mol. The van der Waals surface area contributed by atoms with Gasteiger partial charge >= 0.3 is 5.97 Å². The number of methoxy groups -OCH3 is 2. The van der Waals surface area contributed by atoms with Crippen molar-refractivity contribution in [1.82, 2.24) is 0 Å². The summed E-state index contributed by atoms with van der Waals surface area (Å²) in [6.45, 7) is 0.976. The zero-order chi connectivity index (χ0) is 20.5. The number of Topliss-reactive ketones (excluding diaryl/α,β-unsaturated/α-hetero) is 1. The van der Waals surface area contributed by atoms with Gasteiger partial charge < -0.3 is 18.9 Å². The maximum Gasteiger partial charge on any atom is 0.344 e. The minimum Gasteiger partial charge on any atom is -0.494 e. The molecular weight excluding hydrogens is 367 g/mol. The first-order valence-corrected chi connectivity index (χ1v) is 8.44. The van der Waals surface area contributed by atoms with Crippen LogP contribution < -0.4 is 14.2 Å². The molecular formula is C21H21FO6. The van der Waals surface area contributed by atoms with Crippen LogP contribution in [0.1, 0.15) is 22.8 Å². The fourth-order valence-electron chi connectivity index (χ4n) is 2.35. The van der Waals surface area contributed by atoms with E-state index < -0.39 is 30.8 Å². The fraction of sp³-hybridized carbons (Fsp3) is 0.238. The van der Waals surface area contributed by atoms with Gasteiger partial charge in [0.05, 0.1) is 14.2 Å². The molecule has 0 bridgehead atoms. The zero-order valence-corrected chi connectivity index (χ0v) is 15.9. The van der Waals surface area contributed by atoms with Crippen LogP contribution in [0.3, 0.4) is 0 Å². The topological polar surface area (TPSA) is 71.1 Å². The molecule has 148 valence electrons. The third-order valence-electron chi connectivity index (χ3n) is 3.73. The molecule has 0 aliphatic carbocycles. The quantitative estimate of drug-likeness (QED) is 0.482. The summed E-state index contributed by atoms with van der Waals surface area (Å²) in [7, 11) is 2.82. The van der Waals surface area contributed by atoms with Crippen molar-refractivity contribution >= 4 is 17.8 Å². The highest BCUT2D eigenvalue weighted by Gasteiger charge is 2.14. The van der Waals surface area contributed by atoms with Crippen LogP contribution in [0.4, 0.5) is 4.39 Å². The lowest BCUT2D eigenvalue weighted by atomic mass is 10.1. The number of hydrogen-bond acceptors (Lipinski definition) is 6. The van der Waals surface area contributed by atoms with Gasteiger partial charge in [-0.15, -0.1) is 0 Å². The Labute approximate surface area is 162 Å². The summed E-state index contributed by atoms with van der Waals surface area (Å²) in [5, 5.41) is 0. The number of esters is 1. The summed E-state index contributed by atoms with van der Waals surface area (Å²) in [5.74, 6) is -1.08. The van der Waals surface area contributed by atoms with Crippen LogP contribution in [0.2, 0.25) is 0 Å². The molecule has 0 N–H and O–H groups in total. The number of benzene rings is 2. The first kappa shape index (κ1) is 21.0. The molecule has 2 rings (SSSR count). The number of allylic oxidation sites excluding steroid dienone is 1. The van der Waals surface area contributed by atoms with E-state index in [9.17, 15) is 14.0 Å². The van der Waals surface area contributed by atoms with Crippen molar-refractivity contribution in [3.63, 3.8) is 0 Å². The standard InChI is InChI=1S/C21H21FO6/c1-4-5-14-6-8-19(20(10-14)26-3)27-13-21(24)28-12-17(23)15-7-9-18(25-2)16(22)11-15/h4-11H,12-13H2,1-3H3/b5-4-. The average molecular weight is 388 g/mol. The third-order valence-corrected chi connectivity index (χ3v) is 3.73. The fourth-order valence-corrected chi connectivity index (χ4v) is 2.35. The summed E-state index contributed by atoms with van der Waals surface area (Å²) in [5.41, 5.74) is 1.000. The van der Waals surface area contributed by atoms with E-state index in [2.05, 4.69) is 0 Å². The van der Waals surface area contributed by atoms with E-state index in [4.69, 9.17) is 18.9 Å². The number of rotatable bonds is 9. The van der Waals surface area contributed by atoms with Crippen molar-refractivity contribution < 1.29 is 32.9 Å². The van der Waals surface area contributed by atoms with Crippen molar-refractivity contribution in [1.29, 1.82) is 0 Å². The van der Waals surface area contributed by atoms with Crippen LogP contribution in [0.15, 0.2) is 42.5 Å². The van der Waals surface area contributed by atoms with E-state index in [1.54, 1.807) is 12.1 Å². The Kier molecular flexibility index (Phi) is 7.56. The Hall–Kier alpha value is -3.35. The molecule has 0 atom stereocenters. The molecule has 28 heavy (non-hydrogen) atoms. The third kappa shape index (κ3) is 5.57. The second-order valence-electron chi connectivity index (χ2n) is 5.63. The first-order chi connectivity index (χ1) is 13.5. The lowest BCUT2D eigenvalue weighted by Gasteiger charge is -2.11. The summed E-state index contributed by atoms with van der Waals surface area (Å²) in [6.07, 6.45) is 3.78. The number of halogens is 1. The number of carbonyl (C=O) groups is 2. The van der Waals surface area contributed by atoms with Gasteiger partial charge in [-0.1, -0.05) is 18.2 Å². The van der Waals surface area contributed by atoms with E-state index in [1.165, 1.54) is 26.4 Å². The first-order valence-electron chi connectivity index (χ1n) is 8.44. The van der Waals surface area contributed by atoms with E-state index >= 15 is 0 Å². The van der Waals surface area contributed by atoms with Crippen LogP contribution >= 0.6 is 0 Å². The van der Waals surface area contributed by atoms with Gasteiger partial charge in [0.25, 0.3) is 0 Å². The molecule has 0 saturated heterocycles. The van der Waals surface area contributed by atoms with Gasteiger partial charge in [-0.25, -0.2) is 9.18 Å². The SMILES string of the molecule is C/C=C\c1ccc(OCC(=O)OCC(=O)c2ccc(OC)c(F)c2)c(OC)c1. The van der Waals surface area contributed by atoms with Crippen molar-refractivity contribution in [3.8, 4) is 17.2 Å². The Bertz CT molecular complexity index is 875. The highest BCUT2D eigenvalue weighted by atomic mass is 19.1. The molecule has 0 aliphatic rings. The molecule has 7 heteroatoms. The lowest BCUT2D eigenvalue weighted by Crippen LogP contribution is -2.19. The molecule has 6 nitrogen and oxygen atoms in total. The van der Waals surface area contributed by atoms with E-state index in [-0.39, 0.29) is 11.3 Å². The molecule has 0 amide bonds. The largest absolute Gasteiger partial charge is 0.494 e. The minimum absolute atomic E-state index is 0.0244. The van der Waals surface area contributed by atoms with Crippen molar-refractivity contribution in [2.45, 2.75) is 6.92 Å². The smallest absolute Gasteiger partial charge is 0.344 e. The summed E-state index contributed by atoms with van der Waals surface area (Å²) < 4.78 is 34.0. The van der Waals surface area contributed by atoms with Gasteiger partial charge in [0.1, 0.15) is 0 Å². The molecule has 2 aromatic rings. The lowest BCUT2D eigenvalue weighted by molar-refractivity contribution is -0.144. The van der Waals surface area contributed by atoms with Crippen molar-refractivity contribution in [2.75, 3.05) is 27.4 Å². The summed E-state index contributed by atoms with van der Waals surface area (Å²) >= 11 is 0. The molecule has 0 fully saturated rings. The molecule has 0 unspecified atom stereocenters. The van der Waals surface area contributed by atoms with Gasteiger partial charge in [0.2, 0.25) is 0 Å². The Morgan fingerprint density at radius 3 is 2.32 bits per heavy atom. The van der Waals surface area contributed by atoms with E-state index in [0.717, 1.165) is 11.6 Å². The summed E-state index contributed by atoms with van der Waals surface area (Å²) in [6, 6.07) is 9.01. The van der Waals surface area contributed by atoms with Crippen LogP contribution in [0.25, 0.3) is 6.08 Å². The van der Waals surface area contributed by atoms with Gasteiger partial charge in [-0.05, 0) is 42.8 Å². The Balaban J connectivity index is 1.89. The minimum atomic E-state index is -0.734. The molecule has 0 heterocycles. The van der Waals surface area contributed by atoms with Crippen LogP contribution in [0, 0.1) is 5.82 Å². The number of hydrogen-bond donors (Lipinski definition) is 0. The van der Waals surface area contributed by atoms with Gasteiger partial charge in [0, 0.05) is 5.56 Å². The highest BCUT2D eigenvalue weighted by molar-refractivity contribution is 5.98. The predicted octanol–water partition coefficient (Wildman–Crippen LogP) is 3.68. The maximum atomic E-state index is 13.6. The number of carbonyl (C=O) groups excluding carboxylic acids is 2. The van der Waals surface area contributed by atoms with Gasteiger partial charge in [-0.2, -0.15) is 0 Å². The molecule has 0 radical (unpaired) electrons. The maximum absolute atomic E-state index is 13.6. The summed E-state index contributed by atoms with van der Waals surface area (Å²) in [4.78, 5) is 23.9. The molecule has 0 saturated carbocycles. The Morgan fingerprint density at radius 2 is 1.68 bits per heavy atom. The van der Waals surface area contributed by atoms with Gasteiger partial charge in [-0.3, -0.25) is 4.79 Å². The molecule has 0 spiro atoms. The second-order valence-corrected chi connectivity index (χ2v) is 5.63. The van der Waals surface area contributed by atoms with E-state index in [0.29, 0.717) is 11.5 Å². The molecule has 2 aromatic carbocycles. The highest BCUT2D eigenvalue weighted by Crippen LogP contribution is 2.28. The van der Waals surface area contributed by atoms with Gasteiger partial charge in [0.15, 0.2) is 42.1 Å². The normalized spacial score (nSPS) is 10.6. The van der Waals surface area contributed by atoms with Crippen molar-refractivity contribution in [3.05, 3.63) is 59.4 Å². The van der Waals surface area contributed by atoms with Crippen LogP contribution in [0.5, 0.6) is 17.2 Å². The number of ketones is 1. The average Bonchev–Trinajstić information content (AvgIpc) is 2.70. The van der Waals surface area contributed by atoms with Crippen molar-refractivity contribution in [2.24, 2.45) is 0 Å². The Morgan fingerprint density at radius 1 is 0.964 bits per heavy atom. The van der Waals surface area contributed by atoms with Crippen LogP contribution in [-0.2, 0) is 9.53 Å². The van der Waals surface area contributed by atoms with E-state index in [1.807, 2.05) is 25.1 Å². The molecule has 0 aliphatic heterocycles. The monoisotopic (exact) mass is 388 g/mol.